The number of carboxylic acids is 1. The number of ether oxygens (including phenoxy) is 3. The zero-order valence-corrected chi connectivity index (χ0v) is 47.7. The topological polar surface area (TPSA) is 349 Å². The number of phosphoric acid groups is 2. The number of nitrogens with zero attached hydrogens (tertiary/aromatic N) is 2. The van der Waals surface area contributed by atoms with Gasteiger partial charge in [-0.05, 0) is 50.5 Å². The van der Waals surface area contributed by atoms with Crippen LogP contribution in [0.2, 0.25) is 0 Å². The van der Waals surface area contributed by atoms with E-state index in [1.165, 1.54) is 51.0 Å². The van der Waals surface area contributed by atoms with E-state index in [1.54, 1.807) is 18.2 Å². The first-order valence-corrected chi connectivity index (χ1v) is 31.0. The fourth-order valence-electron chi connectivity index (χ4n) is 7.75. The predicted molar refractivity (Wildman–Crippen MR) is 294 cm³/mol. The van der Waals surface area contributed by atoms with E-state index >= 15 is 0 Å². The van der Waals surface area contributed by atoms with Crippen molar-refractivity contribution in [2.75, 3.05) is 31.3 Å². The van der Waals surface area contributed by atoms with Crippen LogP contribution in [-0.4, -0.2) is 125 Å². The molecule has 10 atom stereocenters. The third-order valence-electron chi connectivity index (χ3n) is 12.1. The van der Waals surface area contributed by atoms with Crippen LogP contribution in [0.5, 0.6) is 0 Å². The minimum Gasteiger partial charge on any atom is -0.481 e. The van der Waals surface area contributed by atoms with Crippen LogP contribution >= 0.6 is 27.4 Å². The highest BCUT2D eigenvalue weighted by Gasteiger charge is 2.46. The number of phosphoric ester groups is 2. The number of nitrogen functional groups attached to an aromatic ring is 1. The first-order valence-electron chi connectivity index (χ1n) is 26.9. The van der Waals surface area contributed by atoms with Crippen molar-refractivity contribution in [2.45, 2.75) is 204 Å². The van der Waals surface area contributed by atoms with Crippen LogP contribution in [0.15, 0.2) is 65.7 Å². The van der Waals surface area contributed by atoms with Crippen LogP contribution in [0.25, 0.3) is 0 Å². The lowest BCUT2D eigenvalue weighted by Gasteiger charge is -2.23. The molecule has 1 fully saturated rings. The number of rotatable bonds is 44. The van der Waals surface area contributed by atoms with Crippen LogP contribution in [0, 0.1) is 5.92 Å². The summed E-state index contributed by atoms with van der Waals surface area (Å²) < 4.78 is 57.1. The zero-order valence-electron chi connectivity index (χ0n) is 45.1. The Morgan fingerprint density at radius 3 is 2.13 bits per heavy atom. The first-order chi connectivity index (χ1) is 36.6. The van der Waals surface area contributed by atoms with Crippen molar-refractivity contribution in [3.8, 4) is 0 Å². The fraction of sp³-hybridized carbons (Fsp3) is 0.712. The molecule has 1 aliphatic heterocycles. The van der Waals surface area contributed by atoms with Gasteiger partial charge in [0.25, 0.3) is 0 Å². The Balaban J connectivity index is 2.06. The molecule has 0 bridgehead atoms. The monoisotopic (exact) mass is 1150 g/mol. The molecule has 0 spiro atoms. The maximum Gasteiger partial charge on any atom is 0.481 e. The summed E-state index contributed by atoms with van der Waals surface area (Å²) >= 11 is 1.09. The number of aliphatic carboxylic acids is 1. The third kappa shape index (κ3) is 32.3. The molecule has 2 unspecified atom stereocenters. The molecule has 10 N–H and O–H groups in total. The third-order valence-corrected chi connectivity index (χ3v) is 16.1. The SMILES string of the molecule is CCCCC/C=C\C\C=C/C=C/C=C/[C@@H](SC[C@H](N)C(=O)O[C@H](COC(=O)CCCCCCCCCCCCCC(C)C)COP(=O)(O)OP(=O)(O)OC[C@H]1O[C@@H](n2ccc(N)nc2=O)[C@H](O)[C@@H]1O)[C@@H](O)CCCC(=O)O. The van der Waals surface area contributed by atoms with Crippen LogP contribution in [0.3, 0.4) is 0 Å². The summed E-state index contributed by atoms with van der Waals surface area (Å²) in [5.74, 6) is -2.28. The van der Waals surface area contributed by atoms with Crippen molar-refractivity contribution in [2.24, 2.45) is 11.7 Å². The Bertz CT molecular complexity index is 2130. The smallest absolute Gasteiger partial charge is 0.481 e. The number of carbonyl (C=O) groups is 3. The van der Waals surface area contributed by atoms with Gasteiger partial charge in [0, 0.05) is 30.0 Å². The maximum absolute atomic E-state index is 13.4. The molecule has 2 rings (SSSR count). The number of allylic oxidation sites excluding steroid dienone is 7. The number of thioether (sulfide) groups is 1. The average molecular weight is 1150 g/mol. The quantitative estimate of drug-likeness (QED) is 0.0100. The van der Waals surface area contributed by atoms with Crippen molar-refractivity contribution in [1.82, 2.24) is 9.55 Å². The van der Waals surface area contributed by atoms with E-state index in [1.807, 2.05) is 18.2 Å². The van der Waals surface area contributed by atoms with E-state index in [0.29, 0.717) is 6.42 Å². The molecule has 2 heterocycles. The standard InChI is InChI=1S/C52H88N4O18P2S/c1-4-5-6-7-8-9-10-13-16-19-22-25-30-44(42(57)29-27-31-46(58)59)77-38-41(53)51(63)72-40(35-69-47(60)32-26-23-20-17-14-11-12-15-18-21-24-28-39(2)3)36-70-75(65,66)74-76(67,68)71-37-43-48(61)49(62)50(73-43)56-34-33-45(54)55-52(56)64/h8-9,13,16,19,22,25,30,33-34,39-44,48-50,57,61-62H,4-7,10-12,14-15,17-18,20-21,23-24,26-29,31-32,35-38,53H2,1-3H3,(H,58,59)(H,65,66)(H,67,68)(H2,54,55,64)/b9-8-,16-13-,22-19+,30-25+/t40-,41+,42+,43-,44-,48-,49-,50-/m1/s1. The van der Waals surface area contributed by atoms with Crippen molar-refractivity contribution in [1.29, 1.82) is 0 Å². The van der Waals surface area contributed by atoms with Gasteiger partial charge in [-0.15, -0.1) is 11.8 Å². The molecular weight excluding hydrogens is 1060 g/mol. The number of aliphatic hydroxyl groups excluding tert-OH is 3. The van der Waals surface area contributed by atoms with E-state index < -0.39 is 107 Å². The predicted octanol–water partition coefficient (Wildman–Crippen LogP) is 8.12. The second-order valence-electron chi connectivity index (χ2n) is 19.4. The Hall–Kier alpha value is -3.54. The molecule has 0 aromatic carbocycles. The van der Waals surface area contributed by atoms with E-state index in [4.69, 9.17) is 39.8 Å². The van der Waals surface area contributed by atoms with Gasteiger partial charge in [0.1, 0.15) is 36.8 Å². The molecule has 1 aromatic heterocycles. The lowest BCUT2D eigenvalue weighted by atomic mass is 10.0. The molecule has 0 radical (unpaired) electrons. The van der Waals surface area contributed by atoms with E-state index in [0.717, 1.165) is 86.2 Å². The lowest BCUT2D eigenvalue weighted by molar-refractivity contribution is -0.161. The Morgan fingerprint density at radius 2 is 1.48 bits per heavy atom. The number of aromatic nitrogens is 2. The van der Waals surface area contributed by atoms with Crippen LogP contribution < -0.4 is 17.2 Å². The van der Waals surface area contributed by atoms with E-state index in [9.17, 15) is 53.4 Å². The van der Waals surface area contributed by atoms with Crippen molar-refractivity contribution < 1.29 is 81.3 Å². The molecule has 1 aliphatic rings. The summed E-state index contributed by atoms with van der Waals surface area (Å²) in [6.45, 7) is 3.92. The second-order valence-corrected chi connectivity index (χ2v) is 23.7. The van der Waals surface area contributed by atoms with Gasteiger partial charge in [-0.1, -0.05) is 153 Å². The zero-order chi connectivity index (χ0) is 57.1. The number of unbranched alkanes of at least 4 members (excludes halogenated alkanes) is 13. The van der Waals surface area contributed by atoms with E-state index in [2.05, 4.69) is 42.2 Å². The van der Waals surface area contributed by atoms with Crippen molar-refractivity contribution in [3.05, 3.63) is 71.4 Å². The van der Waals surface area contributed by atoms with Gasteiger partial charge in [0.05, 0.1) is 19.3 Å². The van der Waals surface area contributed by atoms with Gasteiger partial charge >= 0.3 is 39.2 Å². The molecule has 0 aliphatic carbocycles. The highest BCUT2D eigenvalue weighted by molar-refractivity contribution is 8.00. The normalized spacial score (nSPS) is 20.2. The molecule has 25 heteroatoms. The van der Waals surface area contributed by atoms with Gasteiger partial charge in [0.15, 0.2) is 12.3 Å². The molecule has 1 aromatic rings. The summed E-state index contributed by atoms with van der Waals surface area (Å²) in [7, 11) is -11.1. The highest BCUT2D eigenvalue weighted by atomic mass is 32.2. The largest absolute Gasteiger partial charge is 0.481 e. The number of hydrogen-bond acceptors (Lipinski definition) is 19. The number of carbonyl (C=O) groups excluding carboxylic acids is 2. The van der Waals surface area contributed by atoms with Crippen LogP contribution in [0.4, 0.5) is 5.82 Å². The lowest BCUT2D eigenvalue weighted by Crippen LogP contribution is -2.40. The summed E-state index contributed by atoms with van der Waals surface area (Å²) in [5.41, 5.74) is 10.8. The summed E-state index contributed by atoms with van der Waals surface area (Å²) in [6.07, 6.45) is 25.4. The molecule has 77 heavy (non-hydrogen) atoms. The number of esters is 2. The Kier molecular flexibility index (Phi) is 35.9. The van der Waals surface area contributed by atoms with Gasteiger partial charge in [-0.2, -0.15) is 9.29 Å². The maximum atomic E-state index is 13.4. The average Bonchev–Trinajstić information content (AvgIpc) is 3.64. The summed E-state index contributed by atoms with van der Waals surface area (Å²) in [6, 6.07) is -0.160. The second kappa shape index (κ2) is 39.8. The van der Waals surface area contributed by atoms with Gasteiger partial charge in [0.2, 0.25) is 0 Å². The molecule has 22 nitrogen and oxygen atoms in total. The molecule has 0 saturated carbocycles. The number of aliphatic hydroxyl groups is 3. The van der Waals surface area contributed by atoms with Gasteiger partial charge in [-0.25, -0.2) is 13.9 Å². The Labute approximate surface area is 458 Å². The molecular formula is C52H88N4O18P2S. The van der Waals surface area contributed by atoms with Crippen molar-refractivity contribution >= 4 is 51.1 Å². The van der Waals surface area contributed by atoms with E-state index in [-0.39, 0.29) is 37.3 Å². The first kappa shape index (κ1) is 69.6. The van der Waals surface area contributed by atoms with Gasteiger partial charge in [-0.3, -0.25) is 28.0 Å². The van der Waals surface area contributed by atoms with Crippen LogP contribution in [0.1, 0.15) is 162 Å². The summed E-state index contributed by atoms with van der Waals surface area (Å²) in [4.78, 5) is 74.0. The number of nitrogens with two attached hydrogens (primary N) is 2. The van der Waals surface area contributed by atoms with Crippen molar-refractivity contribution in [3.63, 3.8) is 0 Å². The number of carboxylic acid groups (broad SMARTS) is 1. The Morgan fingerprint density at radius 1 is 0.831 bits per heavy atom. The molecule has 1 saturated heterocycles. The number of anilines is 1. The molecule has 0 amide bonds. The fourth-order valence-corrected chi connectivity index (χ4v) is 11.0. The van der Waals surface area contributed by atoms with Gasteiger partial charge < -0.3 is 55.9 Å². The number of hydrogen-bond donors (Lipinski definition) is 8. The minimum atomic E-state index is -5.58. The van der Waals surface area contributed by atoms with Crippen LogP contribution in [-0.2, 0) is 51.1 Å². The molecule has 440 valence electrons. The summed E-state index contributed by atoms with van der Waals surface area (Å²) in [5, 5.41) is 40.5. The highest BCUT2D eigenvalue weighted by Crippen LogP contribution is 2.60. The minimum absolute atomic E-state index is 0.0250.